The van der Waals surface area contributed by atoms with Gasteiger partial charge in [0.25, 0.3) is 0 Å². The van der Waals surface area contributed by atoms with Crippen LogP contribution in [-0.2, 0) is 12.0 Å². The van der Waals surface area contributed by atoms with Crippen LogP contribution < -0.4 is 5.32 Å². The van der Waals surface area contributed by atoms with Gasteiger partial charge in [0, 0.05) is 30.9 Å². The van der Waals surface area contributed by atoms with Crippen LogP contribution in [0.25, 0.3) is 0 Å². The van der Waals surface area contributed by atoms with Crippen molar-refractivity contribution in [1.29, 1.82) is 0 Å². The van der Waals surface area contributed by atoms with E-state index in [0.29, 0.717) is 0 Å². The molecule has 0 aromatic carbocycles. The van der Waals surface area contributed by atoms with Crippen LogP contribution in [-0.4, -0.2) is 26.3 Å². The molecule has 0 aliphatic carbocycles. The summed E-state index contributed by atoms with van der Waals surface area (Å²) in [4.78, 5) is 4.08. The molecule has 2 aromatic heterocycles. The van der Waals surface area contributed by atoms with E-state index in [9.17, 15) is 0 Å². The van der Waals surface area contributed by atoms with Gasteiger partial charge in [0.15, 0.2) is 5.82 Å². The molecule has 5 heteroatoms. The molecule has 1 unspecified atom stereocenters. The number of pyridine rings is 1. The highest BCUT2D eigenvalue weighted by Crippen LogP contribution is 2.30. The Morgan fingerprint density at radius 2 is 2.05 bits per heavy atom. The van der Waals surface area contributed by atoms with Gasteiger partial charge in [-0.25, -0.2) is 0 Å². The van der Waals surface area contributed by atoms with E-state index in [2.05, 4.69) is 45.8 Å². The van der Waals surface area contributed by atoms with Gasteiger partial charge in [-0.1, -0.05) is 20.8 Å². The highest BCUT2D eigenvalue weighted by molar-refractivity contribution is 5.25. The zero-order valence-electron chi connectivity index (χ0n) is 12.3. The summed E-state index contributed by atoms with van der Waals surface area (Å²) in [5, 5.41) is 12.5. The lowest BCUT2D eigenvalue weighted by atomic mass is 9.89. The Hall–Kier alpha value is -1.75. The normalized spacial score (nSPS) is 18.9. The zero-order valence-corrected chi connectivity index (χ0v) is 12.3. The van der Waals surface area contributed by atoms with Gasteiger partial charge in [-0.05, 0) is 24.1 Å². The number of hydrogen-bond acceptors (Lipinski definition) is 4. The van der Waals surface area contributed by atoms with Crippen LogP contribution in [0.5, 0.6) is 0 Å². The van der Waals surface area contributed by atoms with E-state index in [-0.39, 0.29) is 11.5 Å². The zero-order chi connectivity index (χ0) is 14.2. The predicted octanol–water partition coefficient (Wildman–Crippen LogP) is 2.05. The number of rotatable bonds is 3. The van der Waals surface area contributed by atoms with Crippen LogP contribution in [0.4, 0.5) is 0 Å². The van der Waals surface area contributed by atoms with Crippen molar-refractivity contribution in [3.63, 3.8) is 0 Å². The average molecular weight is 271 g/mol. The van der Waals surface area contributed by atoms with Gasteiger partial charge >= 0.3 is 0 Å². The Labute approximate surface area is 119 Å². The van der Waals surface area contributed by atoms with Gasteiger partial charge in [0.05, 0.1) is 6.04 Å². The van der Waals surface area contributed by atoms with Crippen LogP contribution in [0.1, 0.15) is 50.4 Å². The van der Waals surface area contributed by atoms with Crippen molar-refractivity contribution in [2.45, 2.75) is 45.2 Å². The first-order valence-corrected chi connectivity index (χ1v) is 7.20. The molecule has 1 aliphatic rings. The fourth-order valence-corrected chi connectivity index (χ4v) is 2.64. The second-order valence-corrected chi connectivity index (χ2v) is 5.94. The predicted molar refractivity (Wildman–Crippen MR) is 77.4 cm³/mol. The van der Waals surface area contributed by atoms with Crippen molar-refractivity contribution in [2.75, 3.05) is 6.54 Å². The summed E-state index contributed by atoms with van der Waals surface area (Å²) >= 11 is 0. The first-order chi connectivity index (χ1) is 9.63. The van der Waals surface area contributed by atoms with E-state index in [4.69, 9.17) is 0 Å². The largest absolute Gasteiger partial charge is 0.312 e. The third-order valence-corrected chi connectivity index (χ3v) is 4.25. The number of hydrogen-bond donors (Lipinski definition) is 1. The van der Waals surface area contributed by atoms with Gasteiger partial charge in [0.1, 0.15) is 5.82 Å². The molecule has 20 heavy (non-hydrogen) atoms. The molecule has 0 radical (unpaired) electrons. The molecule has 0 spiro atoms. The monoisotopic (exact) mass is 271 g/mol. The number of nitrogens with zero attached hydrogens (tertiary/aromatic N) is 4. The van der Waals surface area contributed by atoms with E-state index in [1.807, 2.05) is 24.5 Å². The van der Waals surface area contributed by atoms with Crippen molar-refractivity contribution < 1.29 is 0 Å². The number of nitrogens with one attached hydrogen (secondary N) is 1. The van der Waals surface area contributed by atoms with Gasteiger partial charge in [-0.15, -0.1) is 10.2 Å². The van der Waals surface area contributed by atoms with Crippen LogP contribution in [0.3, 0.4) is 0 Å². The van der Waals surface area contributed by atoms with Gasteiger partial charge in [0.2, 0.25) is 0 Å². The quantitative estimate of drug-likeness (QED) is 0.928. The molecule has 0 fully saturated rings. The molecule has 0 amide bonds. The molecule has 5 nitrogen and oxygen atoms in total. The van der Waals surface area contributed by atoms with Crippen LogP contribution in [0.15, 0.2) is 24.5 Å². The summed E-state index contributed by atoms with van der Waals surface area (Å²) in [6.45, 7) is 8.53. The first kappa shape index (κ1) is 13.2. The van der Waals surface area contributed by atoms with Crippen molar-refractivity contribution in [3.8, 4) is 0 Å². The van der Waals surface area contributed by atoms with E-state index < -0.39 is 0 Å². The van der Waals surface area contributed by atoms with Crippen molar-refractivity contribution in [2.24, 2.45) is 0 Å². The maximum atomic E-state index is 4.47. The lowest BCUT2D eigenvalue weighted by Gasteiger charge is -2.29. The Morgan fingerprint density at radius 3 is 2.75 bits per heavy atom. The Balaban J connectivity index is 2.03. The Morgan fingerprint density at radius 1 is 1.30 bits per heavy atom. The van der Waals surface area contributed by atoms with Gasteiger partial charge in [-0.2, -0.15) is 0 Å². The molecule has 0 saturated carbocycles. The smallest absolute Gasteiger partial charge is 0.154 e. The lowest BCUT2D eigenvalue weighted by molar-refractivity contribution is 0.399. The summed E-state index contributed by atoms with van der Waals surface area (Å²) in [6.07, 6.45) is 4.70. The molecular weight excluding hydrogens is 250 g/mol. The summed E-state index contributed by atoms with van der Waals surface area (Å²) in [5.41, 5.74) is 1.25. The first-order valence-electron chi connectivity index (χ1n) is 7.20. The SMILES string of the molecule is CCC(C)(C)c1nnc2n1CCNC2c1ccncc1. The van der Waals surface area contributed by atoms with Crippen molar-refractivity contribution in [1.82, 2.24) is 25.1 Å². The third-order valence-electron chi connectivity index (χ3n) is 4.25. The van der Waals surface area contributed by atoms with E-state index in [0.717, 1.165) is 31.2 Å². The standard InChI is InChI=1S/C15H21N5/c1-4-15(2,3)14-19-18-13-12(17-9-10-20(13)14)11-5-7-16-8-6-11/h5-8,12,17H,4,9-10H2,1-3H3. The van der Waals surface area contributed by atoms with E-state index >= 15 is 0 Å². The Kier molecular flexibility index (Phi) is 3.30. The maximum Gasteiger partial charge on any atom is 0.154 e. The molecule has 106 valence electrons. The topological polar surface area (TPSA) is 55.6 Å². The minimum atomic E-state index is 0.0609. The fourth-order valence-electron chi connectivity index (χ4n) is 2.64. The highest BCUT2D eigenvalue weighted by Gasteiger charge is 2.31. The molecule has 3 rings (SSSR count). The van der Waals surface area contributed by atoms with Gasteiger partial charge in [-0.3, -0.25) is 4.98 Å². The molecule has 1 N–H and O–H groups in total. The summed E-state index contributed by atoms with van der Waals surface area (Å²) in [5.74, 6) is 2.11. The van der Waals surface area contributed by atoms with Crippen LogP contribution in [0.2, 0.25) is 0 Å². The minimum Gasteiger partial charge on any atom is -0.312 e. The number of fused-ring (bicyclic) bond motifs is 1. The second-order valence-electron chi connectivity index (χ2n) is 5.94. The molecule has 1 aliphatic heterocycles. The average Bonchev–Trinajstić information content (AvgIpc) is 2.92. The van der Waals surface area contributed by atoms with E-state index in [1.54, 1.807) is 0 Å². The molecule has 2 aromatic rings. The summed E-state index contributed by atoms with van der Waals surface area (Å²) in [7, 11) is 0. The number of aromatic nitrogens is 4. The Bertz CT molecular complexity index is 588. The molecule has 0 bridgehead atoms. The molecule has 3 heterocycles. The molecular formula is C15H21N5. The lowest BCUT2D eigenvalue weighted by Crippen LogP contribution is -2.36. The van der Waals surface area contributed by atoms with Crippen LogP contribution >= 0.6 is 0 Å². The maximum absolute atomic E-state index is 4.47. The highest BCUT2D eigenvalue weighted by atomic mass is 15.3. The minimum absolute atomic E-state index is 0.0609. The van der Waals surface area contributed by atoms with Crippen LogP contribution in [0, 0.1) is 0 Å². The van der Waals surface area contributed by atoms with Crippen molar-refractivity contribution >= 4 is 0 Å². The second kappa shape index (κ2) is 4.98. The van der Waals surface area contributed by atoms with E-state index in [1.165, 1.54) is 5.56 Å². The summed E-state index contributed by atoms with van der Waals surface area (Å²) < 4.78 is 2.28. The molecule has 0 saturated heterocycles. The molecule has 1 atom stereocenters. The van der Waals surface area contributed by atoms with Gasteiger partial charge < -0.3 is 9.88 Å². The van der Waals surface area contributed by atoms with Crippen molar-refractivity contribution in [3.05, 3.63) is 41.7 Å². The summed E-state index contributed by atoms with van der Waals surface area (Å²) in [6, 6.07) is 4.18. The fraction of sp³-hybridized carbons (Fsp3) is 0.533. The third kappa shape index (κ3) is 2.12.